The van der Waals surface area contributed by atoms with Crippen LogP contribution in [0, 0.1) is 20.8 Å². The summed E-state index contributed by atoms with van der Waals surface area (Å²) in [7, 11) is -3.78. The molecule has 0 aromatic heterocycles. The maximum Gasteiger partial charge on any atom is 0.244 e. The zero-order valence-electron chi connectivity index (χ0n) is 19.1. The molecule has 2 aliphatic heterocycles. The fourth-order valence-corrected chi connectivity index (χ4v) is 6.85. The molecule has 1 atom stereocenters. The van der Waals surface area contributed by atoms with Gasteiger partial charge in [0.2, 0.25) is 22.7 Å². The van der Waals surface area contributed by atoms with Crippen LogP contribution in [0.4, 0.5) is 0 Å². The van der Waals surface area contributed by atoms with Crippen molar-refractivity contribution in [1.82, 2.24) is 9.21 Å². The van der Waals surface area contributed by atoms with Gasteiger partial charge in [0.1, 0.15) is 6.04 Å². The minimum absolute atomic E-state index is 0.159. The summed E-state index contributed by atoms with van der Waals surface area (Å²) in [6.45, 7) is 8.92. The Bertz CT molecular complexity index is 1120. The van der Waals surface area contributed by atoms with Gasteiger partial charge in [-0.1, -0.05) is 23.8 Å². The Morgan fingerprint density at radius 3 is 2.47 bits per heavy atom. The lowest BCUT2D eigenvalue weighted by atomic mass is 10.1. The monoisotopic (exact) mass is 458 g/mol. The molecule has 0 N–H and O–H groups in total. The molecular formula is C24H30N2O5S. The smallest absolute Gasteiger partial charge is 0.244 e. The van der Waals surface area contributed by atoms with Gasteiger partial charge in [-0.2, -0.15) is 4.31 Å². The number of hydrogen-bond donors (Lipinski definition) is 0. The van der Waals surface area contributed by atoms with Crippen molar-refractivity contribution in [3.63, 3.8) is 0 Å². The van der Waals surface area contributed by atoms with E-state index in [1.807, 2.05) is 58.0 Å². The van der Waals surface area contributed by atoms with Gasteiger partial charge in [0.25, 0.3) is 0 Å². The first kappa shape index (κ1) is 22.6. The average molecular weight is 459 g/mol. The number of fused-ring (bicyclic) bond motifs is 1. The van der Waals surface area contributed by atoms with Gasteiger partial charge in [-0.15, -0.1) is 0 Å². The van der Waals surface area contributed by atoms with Gasteiger partial charge in [-0.25, -0.2) is 8.42 Å². The molecule has 2 aliphatic rings. The van der Waals surface area contributed by atoms with Gasteiger partial charge in [0, 0.05) is 19.6 Å². The number of ether oxygens (including phenoxy) is 2. The minimum atomic E-state index is -3.78. The molecule has 32 heavy (non-hydrogen) atoms. The van der Waals surface area contributed by atoms with Gasteiger partial charge < -0.3 is 14.4 Å². The van der Waals surface area contributed by atoms with E-state index >= 15 is 0 Å². The third-order valence-corrected chi connectivity index (χ3v) is 8.38. The summed E-state index contributed by atoms with van der Waals surface area (Å²) in [6, 6.07) is 8.70. The van der Waals surface area contributed by atoms with E-state index in [-0.39, 0.29) is 12.7 Å². The van der Waals surface area contributed by atoms with E-state index in [1.165, 1.54) is 4.31 Å². The Labute approximate surface area is 190 Å². The molecule has 0 saturated carbocycles. The van der Waals surface area contributed by atoms with E-state index in [2.05, 4.69) is 0 Å². The molecule has 172 valence electrons. The first-order chi connectivity index (χ1) is 15.2. The van der Waals surface area contributed by atoms with Crippen molar-refractivity contribution in [1.29, 1.82) is 0 Å². The molecule has 1 unspecified atom stereocenters. The molecule has 4 rings (SSSR count). The van der Waals surface area contributed by atoms with Crippen molar-refractivity contribution in [2.24, 2.45) is 0 Å². The van der Waals surface area contributed by atoms with E-state index in [0.717, 1.165) is 11.1 Å². The molecule has 2 aromatic rings. The number of carbonyl (C=O) groups is 1. The molecule has 2 aromatic carbocycles. The fraction of sp³-hybridized carbons (Fsp3) is 0.458. The highest BCUT2D eigenvalue weighted by atomic mass is 32.2. The predicted octanol–water partition coefficient (Wildman–Crippen LogP) is 3.54. The summed E-state index contributed by atoms with van der Waals surface area (Å²) in [5.41, 5.74) is 3.37. The summed E-state index contributed by atoms with van der Waals surface area (Å²) in [6.07, 6.45) is 1.20. The van der Waals surface area contributed by atoms with Gasteiger partial charge in [0.05, 0.1) is 4.90 Å². The number of carbonyl (C=O) groups excluding carboxylic acids is 1. The van der Waals surface area contributed by atoms with Crippen LogP contribution in [0.5, 0.6) is 11.5 Å². The third kappa shape index (κ3) is 4.09. The Balaban J connectivity index is 1.58. The normalized spacial score (nSPS) is 18.2. The highest BCUT2D eigenvalue weighted by Crippen LogP contribution is 2.34. The summed E-state index contributed by atoms with van der Waals surface area (Å²) >= 11 is 0. The van der Waals surface area contributed by atoms with Crippen molar-refractivity contribution >= 4 is 15.9 Å². The number of aryl methyl sites for hydroxylation is 3. The standard InChI is InChI=1S/C24H30N2O5S/c1-5-25(14-19-8-9-21-22(13-19)31-15-30-21)24(27)20-7-6-10-26(20)32(28,29)23-17(3)11-16(2)12-18(23)4/h8-9,11-13,20H,5-7,10,14-15H2,1-4H3. The predicted molar refractivity (Wildman–Crippen MR) is 121 cm³/mol. The second-order valence-electron chi connectivity index (χ2n) is 8.54. The Morgan fingerprint density at radius 1 is 1.09 bits per heavy atom. The molecule has 1 saturated heterocycles. The molecular weight excluding hydrogens is 428 g/mol. The lowest BCUT2D eigenvalue weighted by Crippen LogP contribution is -2.47. The number of sulfonamides is 1. The Kier molecular flexibility index (Phi) is 6.18. The molecule has 0 spiro atoms. The lowest BCUT2D eigenvalue weighted by Gasteiger charge is -2.30. The second kappa shape index (κ2) is 8.75. The second-order valence-corrected chi connectivity index (χ2v) is 10.4. The van der Waals surface area contributed by atoms with Crippen LogP contribution in [0.25, 0.3) is 0 Å². The zero-order chi connectivity index (χ0) is 23.0. The van der Waals surface area contributed by atoms with E-state index in [0.29, 0.717) is 60.0 Å². The van der Waals surface area contributed by atoms with Crippen LogP contribution >= 0.6 is 0 Å². The quantitative estimate of drug-likeness (QED) is 0.662. The summed E-state index contributed by atoms with van der Waals surface area (Å²) in [5.74, 6) is 1.20. The summed E-state index contributed by atoms with van der Waals surface area (Å²) < 4.78 is 39.5. The topological polar surface area (TPSA) is 76.2 Å². The van der Waals surface area contributed by atoms with Gasteiger partial charge in [0.15, 0.2) is 11.5 Å². The van der Waals surface area contributed by atoms with Crippen LogP contribution in [-0.2, 0) is 21.4 Å². The summed E-state index contributed by atoms with van der Waals surface area (Å²) in [5, 5.41) is 0. The largest absolute Gasteiger partial charge is 0.454 e. The van der Waals surface area contributed by atoms with Crippen molar-refractivity contribution < 1.29 is 22.7 Å². The van der Waals surface area contributed by atoms with Gasteiger partial charge in [-0.3, -0.25) is 4.79 Å². The number of rotatable bonds is 6. The van der Waals surface area contributed by atoms with Crippen molar-refractivity contribution in [2.75, 3.05) is 19.9 Å². The van der Waals surface area contributed by atoms with Crippen LogP contribution in [-0.4, -0.2) is 49.5 Å². The van der Waals surface area contributed by atoms with Crippen molar-refractivity contribution in [3.8, 4) is 11.5 Å². The molecule has 1 amide bonds. The average Bonchev–Trinajstić information content (AvgIpc) is 3.39. The number of nitrogens with zero attached hydrogens (tertiary/aromatic N) is 2. The Morgan fingerprint density at radius 2 is 1.78 bits per heavy atom. The number of amides is 1. The molecule has 1 fully saturated rings. The number of likely N-dealkylation sites (N-methyl/N-ethyl adjacent to an activating group) is 1. The molecule has 2 heterocycles. The van der Waals surface area contributed by atoms with E-state index < -0.39 is 16.1 Å². The third-order valence-electron chi connectivity index (χ3n) is 6.16. The van der Waals surface area contributed by atoms with Crippen LogP contribution in [0.15, 0.2) is 35.2 Å². The Hall–Kier alpha value is -2.58. The minimum Gasteiger partial charge on any atom is -0.454 e. The first-order valence-corrected chi connectivity index (χ1v) is 12.4. The van der Waals surface area contributed by atoms with Crippen LogP contribution in [0.1, 0.15) is 42.0 Å². The summed E-state index contributed by atoms with van der Waals surface area (Å²) in [4.78, 5) is 15.5. The molecule has 0 radical (unpaired) electrons. The zero-order valence-corrected chi connectivity index (χ0v) is 19.9. The SMILES string of the molecule is CCN(Cc1ccc2c(c1)OCO2)C(=O)C1CCCN1S(=O)(=O)c1c(C)cc(C)cc1C. The molecule has 8 heteroatoms. The van der Waals surface area contributed by atoms with Crippen LogP contribution in [0.2, 0.25) is 0 Å². The maximum absolute atomic E-state index is 13.6. The highest BCUT2D eigenvalue weighted by molar-refractivity contribution is 7.89. The fourth-order valence-electron chi connectivity index (χ4n) is 4.78. The van der Waals surface area contributed by atoms with E-state index in [1.54, 1.807) is 4.90 Å². The van der Waals surface area contributed by atoms with E-state index in [4.69, 9.17) is 9.47 Å². The van der Waals surface area contributed by atoms with Crippen LogP contribution in [0.3, 0.4) is 0 Å². The lowest BCUT2D eigenvalue weighted by molar-refractivity contribution is -0.135. The molecule has 7 nitrogen and oxygen atoms in total. The highest BCUT2D eigenvalue weighted by Gasteiger charge is 2.42. The molecule has 0 aliphatic carbocycles. The van der Waals surface area contributed by atoms with Gasteiger partial charge in [-0.05, 0) is 69.4 Å². The maximum atomic E-state index is 13.6. The van der Waals surface area contributed by atoms with Gasteiger partial charge >= 0.3 is 0 Å². The van der Waals surface area contributed by atoms with E-state index in [9.17, 15) is 13.2 Å². The molecule has 0 bridgehead atoms. The number of hydrogen-bond acceptors (Lipinski definition) is 5. The van der Waals surface area contributed by atoms with Crippen molar-refractivity contribution in [2.45, 2.75) is 58.0 Å². The first-order valence-electron chi connectivity index (χ1n) is 11.0. The number of benzene rings is 2. The van der Waals surface area contributed by atoms with Crippen LogP contribution < -0.4 is 9.47 Å². The van der Waals surface area contributed by atoms with Crippen molar-refractivity contribution in [3.05, 3.63) is 52.6 Å².